The van der Waals surface area contributed by atoms with Gasteiger partial charge in [-0.25, -0.2) is 0 Å². The van der Waals surface area contributed by atoms with E-state index in [0.29, 0.717) is 17.9 Å². The summed E-state index contributed by atoms with van der Waals surface area (Å²) in [5.41, 5.74) is 2.01. The molecule has 25 heavy (non-hydrogen) atoms. The summed E-state index contributed by atoms with van der Waals surface area (Å²) >= 11 is 0. The fraction of sp³-hybridized carbons (Fsp3) is 0.350. The number of aliphatic hydroxyl groups excluding tert-OH is 1. The van der Waals surface area contributed by atoms with E-state index in [0.717, 1.165) is 11.1 Å². The summed E-state index contributed by atoms with van der Waals surface area (Å²) in [5, 5.41) is 12.4. The monoisotopic (exact) mass is 341 g/mol. The standard InChI is InChI=1S/C20H23NO4/c1-13(22)10-15-8-9-17-18(11-15)24-12-19(25-17)20(23)21-14(2)16-6-4-3-5-7-16/h3-9,11,13-14,19,22H,10,12H2,1-2H3,(H,21,23)/t13-,14+,19-/m1/s1. The lowest BCUT2D eigenvalue weighted by molar-refractivity contribution is -0.131. The number of nitrogens with one attached hydrogen (secondary N) is 1. The molecule has 0 spiro atoms. The first kappa shape index (κ1) is 17.3. The van der Waals surface area contributed by atoms with E-state index in [4.69, 9.17) is 9.47 Å². The molecule has 0 bridgehead atoms. The molecule has 132 valence electrons. The molecule has 1 aliphatic heterocycles. The predicted octanol–water partition coefficient (Wildman–Crippen LogP) is 2.63. The van der Waals surface area contributed by atoms with E-state index in [1.807, 2.05) is 49.4 Å². The second kappa shape index (κ2) is 7.57. The van der Waals surface area contributed by atoms with Crippen LogP contribution in [0.2, 0.25) is 0 Å². The van der Waals surface area contributed by atoms with Gasteiger partial charge in [-0.15, -0.1) is 0 Å². The number of hydrogen-bond acceptors (Lipinski definition) is 4. The van der Waals surface area contributed by atoms with Gasteiger partial charge in [0.05, 0.1) is 12.1 Å². The van der Waals surface area contributed by atoms with Gasteiger partial charge in [-0.2, -0.15) is 0 Å². The Morgan fingerprint density at radius 3 is 2.68 bits per heavy atom. The van der Waals surface area contributed by atoms with Crippen LogP contribution in [0.25, 0.3) is 0 Å². The van der Waals surface area contributed by atoms with Crippen LogP contribution >= 0.6 is 0 Å². The maximum absolute atomic E-state index is 12.5. The van der Waals surface area contributed by atoms with Crippen LogP contribution in [-0.4, -0.2) is 29.8 Å². The minimum atomic E-state index is -0.679. The molecule has 1 heterocycles. The number of carbonyl (C=O) groups excluding carboxylic acids is 1. The molecule has 2 N–H and O–H groups in total. The van der Waals surface area contributed by atoms with Crippen molar-refractivity contribution in [3.8, 4) is 11.5 Å². The van der Waals surface area contributed by atoms with E-state index in [2.05, 4.69) is 5.32 Å². The molecule has 1 amide bonds. The second-order valence-corrected chi connectivity index (χ2v) is 6.39. The van der Waals surface area contributed by atoms with Gasteiger partial charge in [0, 0.05) is 0 Å². The highest BCUT2D eigenvalue weighted by molar-refractivity contribution is 5.82. The van der Waals surface area contributed by atoms with E-state index in [1.165, 1.54) is 0 Å². The van der Waals surface area contributed by atoms with Crippen molar-refractivity contribution < 1.29 is 19.4 Å². The lowest BCUT2D eigenvalue weighted by Gasteiger charge is -2.27. The molecule has 0 unspecified atom stereocenters. The fourth-order valence-electron chi connectivity index (χ4n) is 2.84. The van der Waals surface area contributed by atoms with Gasteiger partial charge in [0.2, 0.25) is 6.10 Å². The number of hydrogen-bond donors (Lipinski definition) is 2. The molecular formula is C20H23NO4. The first-order valence-electron chi connectivity index (χ1n) is 8.48. The van der Waals surface area contributed by atoms with E-state index in [9.17, 15) is 9.90 Å². The number of carbonyl (C=O) groups is 1. The van der Waals surface area contributed by atoms with E-state index < -0.39 is 12.2 Å². The highest BCUT2D eigenvalue weighted by atomic mass is 16.6. The predicted molar refractivity (Wildman–Crippen MR) is 94.7 cm³/mol. The average Bonchev–Trinajstić information content (AvgIpc) is 2.61. The number of amides is 1. The summed E-state index contributed by atoms with van der Waals surface area (Å²) in [7, 11) is 0. The van der Waals surface area contributed by atoms with E-state index >= 15 is 0 Å². The van der Waals surface area contributed by atoms with E-state index in [-0.39, 0.29) is 18.6 Å². The van der Waals surface area contributed by atoms with Crippen LogP contribution in [0.15, 0.2) is 48.5 Å². The van der Waals surface area contributed by atoms with Crippen molar-refractivity contribution in [2.75, 3.05) is 6.61 Å². The van der Waals surface area contributed by atoms with Gasteiger partial charge < -0.3 is 19.9 Å². The summed E-state index contributed by atoms with van der Waals surface area (Å²) in [6, 6.07) is 15.2. The summed E-state index contributed by atoms with van der Waals surface area (Å²) in [6.07, 6.45) is -0.545. The third-order valence-electron chi connectivity index (χ3n) is 4.15. The topological polar surface area (TPSA) is 67.8 Å². The van der Waals surface area contributed by atoms with Crippen LogP contribution in [0, 0.1) is 0 Å². The molecule has 2 aromatic rings. The lowest BCUT2D eigenvalue weighted by Crippen LogP contribution is -2.44. The Morgan fingerprint density at radius 2 is 1.96 bits per heavy atom. The minimum absolute atomic E-state index is 0.105. The molecular weight excluding hydrogens is 318 g/mol. The summed E-state index contributed by atoms with van der Waals surface area (Å²) in [6.45, 7) is 3.84. The number of benzene rings is 2. The normalized spacial score (nSPS) is 18.3. The average molecular weight is 341 g/mol. The van der Waals surface area contributed by atoms with Crippen molar-refractivity contribution >= 4 is 5.91 Å². The highest BCUT2D eigenvalue weighted by Crippen LogP contribution is 2.33. The van der Waals surface area contributed by atoms with Gasteiger partial charge in [0.1, 0.15) is 6.61 Å². The van der Waals surface area contributed by atoms with Gasteiger partial charge in [-0.3, -0.25) is 4.79 Å². The Hall–Kier alpha value is -2.53. The van der Waals surface area contributed by atoms with Crippen LogP contribution in [0.5, 0.6) is 11.5 Å². The van der Waals surface area contributed by atoms with Gasteiger partial charge in [-0.05, 0) is 43.5 Å². The third kappa shape index (κ3) is 4.31. The van der Waals surface area contributed by atoms with Gasteiger partial charge in [-0.1, -0.05) is 36.4 Å². The largest absolute Gasteiger partial charge is 0.485 e. The molecule has 0 aliphatic carbocycles. The first-order valence-corrected chi connectivity index (χ1v) is 8.48. The summed E-state index contributed by atoms with van der Waals surface area (Å²) < 4.78 is 11.5. The van der Waals surface area contributed by atoms with Crippen molar-refractivity contribution in [3.05, 3.63) is 59.7 Å². The Kier molecular flexibility index (Phi) is 5.24. The Balaban J connectivity index is 1.63. The molecule has 5 heteroatoms. The fourth-order valence-corrected chi connectivity index (χ4v) is 2.84. The van der Waals surface area contributed by atoms with Crippen LogP contribution in [0.4, 0.5) is 0 Å². The lowest BCUT2D eigenvalue weighted by atomic mass is 10.1. The van der Waals surface area contributed by atoms with Gasteiger partial charge >= 0.3 is 0 Å². The van der Waals surface area contributed by atoms with Crippen molar-refractivity contribution in [1.29, 1.82) is 0 Å². The van der Waals surface area contributed by atoms with Crippen molar-refractivity contribution in [2.45, 2.75) is 38.5 Å². The van der Waals surface area contributed by atoms with Crippen LogP contribution < -0.4 is 14.8 Å². The number of rotatable bonds is 5. The highest BCUT2D eigenvalue weighted by Gasteiger charge is 2.28. The van der Waals surface area contributed by atoms with Crippen LogP contribution in [0.1, 0.15) is 31.0 Å². The van der Waals surface area contributed by atoms with Crippen molar-refractivity contribution in [1.82, 2.24) is 5.32 Å². The minimum Gasteiger partial charge on any atom is -0.485 e. The van der Waals surface area contributed by atoms with Gasteiger partial charge in [0.25, 0.3) is 5.91 Å². The molecule has 3 rings (SSSR count). The summed E-state index contributed by atoms with van der Waals surface area (Å²) in [5.74, 6) is 0.960. The maximum Gasteiger partial charge on any atom is 0.265 e. The molecule has 5 nitrogen and oxygen atoms in total. The molecule has 0 saturated heterocycles. The Morgan fingerprint density at radius 1 is 1.20 bits per heavy atom. The zero-order valence-electron chi connectivity index (χ0n) is 14.4. The number of fused-ring (bicyclic) bond motifs is 1. The zero-order chi connectivity index (χ0) is 17.8. The number of ether oxygens (including phenoxy) is 2. The second-order valence-electron chi connectivity index (χ2n) is 6.39. The van der Waals surface area contributed by atoms with Crippen LogP contribution in [-0.2, 0) is 11.2 Å². The molecule has 0 fully saturated rings. The molecule has 0 saturated carbocycles. The van der Waals surface area contributed by atoms with Crippen molar-refractivity contribution in [3.63, 3.8) is 0 Å². The SMILES string of the molecule is C[C@H](NC(=O)[C@H]1COc2cc(C[C@@H](C)O)ccc2O1)c1ccccc1. The third-order valence-corrected chi connectivity index (χ3v) is 4.15. The molecule has 0 radical (unpaired) electrons. The van der Waals surface area contributed by atoms with Gasteiger partial charge in [0.15, 0.2) is 11.5 Å². The van der Waals surface area contributed by atoms with Crippen molar-refractivity contribution in [2.24, 2.45) is 0 Å². The first-order chi connectivity index (χ1) is 12.0. The summed E-state index contributed by atoms with van der Waals surface area (Å²) in [4.78, 5) is 12.5. The molecule has 2 aromatic carbocycles. The number of aliphatic hydroxyl groups is 1. The Labute approximate surface area is 147 Å². The molecule has 3 atom stereocenters. The molecule has 1 aliphatic rings. The Bertz CT molecular complexity index is 730. The smallest absolute Gasteiger partial charge is 0.265 e. The van der Waals surface area contributed by atoms with E-state index in [1.54, 1.807) is 13.0 Å². The maximum atomic E-state index is 12.5. The quantitative estimate of drug-likeness (QED) is 0.877. The molecule has 0 aromatic heterocycles. The zero-order valence-corrected chi connectivity index (χ0v) is 14.4. The van der Waals surface area contributed by atoms with Crippen LogP contribution in [0.3, 0.4) is 0 Å².